The Labute approximate surface area is 144 Å². The maximum atomic E-state index is 13.4. The van der Waals surface area contributed by atoms with Crippen LogP contribution in [-0.2, 0) is 27.4 Å². The van der Waals surface area contributed by atoms with E-state index < -0.39 is 0 Å². The Bertz CT molecular complexity index is 773. The molecule has 1 saturated heterocycles. The summed E-state index contributed by atoms with van der Waals surface area (Å²) in [6.45, 7) is 1.85. The fourth-order valence-corrected chi connectivity index (χ4v) is 3.16. The van der Waals surface area contributed by atoms with Crippen LogP contribution in [-0.4, -0.2) is 46.3 Å². The van der Waals surface area contributed by atoms with Crippen LogP contribution in [0.5, 0.6) is 0 Å². The lowest BCUT2D eigenvalue weighted by Gasteiger charge is -2.24. The van der Waals surface area contributed by atoms with Gasteiger partial charge in [0.05, 0.1) is 24.9 Å². The van der Waals surface area contributed by atoms with E-state index in [0.29, 0.717) is 37.6 Å². The number of fused-ring (bicyclic) bond motifs is 1. The summed E-state index contributed by atoms with van der Waals surface area (Å²) >= 11 is 0. The third-order valence-electron chi connectivity index (χ3n) is 4.49. The predicted molar refractivity (Wildman–Crippen MR) is 86.0 cm³/mol. The first-order valence-electron chi connectivity index (χ1n) is 8.40. The molecule has 132 valence electrons. The average molecular weight is 346 g/mol. The number of carbonyl (C=O) groups is 1. The highest BCUT2D eigenvalue weighted by molar-refractivity contribution is 5.80. The van der Waals surface area contributed by atoms with Crippen LogP contribution in [0.1, 0.15) is 18.5 Å². The first-order valence-corrected chi connectivity index (χ1v) is 8.40. The van der Waals surface area contributed by atoms with E-state index >= 15 is 0 Å². The Morgan fingerprint density at radius 3 is 3.12 bits per heavy atom. The van der Waals surface area contributed by atoms with Gasteiger partial charge < -0.3 is 14.8 Å². The maximum Gasteiger partial charge on any atom is 0.249 e. The van der Waals surface area contributed by atoms with Gasteiger partial charge in [-0.15, -0.1) is 5.10 Å². The Morgan fingerprint density at radius 2 is 2.32 bits per heavy atom. The van der Waals surface area contributed by atoms with Gasteiger partial charge in [-0.05, 0) is 25.0 Å². The molecule has 0 radical (unpaired) electrons. The third kappa shape index (κ3) is 3.40. The monoisotopic (exact) mass is 346 g/mol. The molecule has 2 aliphatic heterocycles. The van der Waals surface area contributed by atoms with E-state index in [9.17, 15) is 9.18 Å². The van der Waals surface area contributed by atoms with Crippen molar-refractivity contribution < 1.29 is 18.7 Å². The lowest BCUT2D eigenvalue weighted by molar-refractivity contribution is -0.131. The first kappa shape index (κ1) is 16.2. The summed E-state index contributed by atoms with van der Waals surface area (Å²) in [5.41, 5.74) is 2.11. The molecular weight excluding hydrogens is 327 g/mol. The largest absolute Gasteiger partial charge is 0.368 e. The minimum absolute atomic E-state index is 0.0917. The second-order valence-electron chi connectivity index (χ2n) is 6.26. The van der Waals surface area contributed by atoms with Gasteiger partial charge in [-0.2, -0.15) is 0 Å². The van der Waals surface area contributed by atoms with Crippen LogP contribution in [0.2, 0.25) is 0 Å². The van der Waals surface area contributed by atoms with Crippen LogP contribution in [0.25, 0.3) is 11.3 Å². The van der Waals surface area contributed by atoms with Crippen LogP contribution in [0, 0.1) is 5.82 Å². The van der Waals surface area contributed by atoms with Gasteiger partial charge >= 0.3 is 0 Å². The van der Waals surface area contributed by atoms with Gasteiger partial charge in [0.2, 0.25) is 5.91 Å². The van der Waals surface area contributed by atoms with Gasteiger partial charge in [-0.25, -0.2) is 9.07 Å². The summed E-state index contributed by atoms with van der Waals surface area (Å²) in [5.74, 6) is -0.406. The molecule has 1 aromatic carbocycles. The molecule has 2 aromatic rings. The van der Waals surface area contributed by atoms with E-state index in [0.717, 1.165) is 18.5 Å². The van der Waals surface area contributed by atoms with E-state index in [1.165, 1.54) is 12.1 Å². The van der Waals surface area contributed by atoms with Crippen molar-refractivity contribution in [3.8, 4) is 11.3 Å². The van der Waals surface area contributed by atoms with Crippen LogP contribution in [0.4, 0.5) is 4.39 Å². The van der Waals surface area contributed by atoms with Gasteiger partial charge in [-0.1, -0.05) is 17.3 Å². The summed E-state index contributed by atoms with van der Waals surface area (Å²) in [7, 11) is 0. The SMILES string of the molecule is O=C(NCC1Cn2nnc(-c3cccc(F)c3)c2CO1)[C@@H]1CCCO1. The number of aromatic nitrogens is 3. The van der Waals surface area contributed by atoms with Gasteiger partial charge in [0.15, 0.2) is 0 Å². The van der Waals surface area contributed by atoms with Gasteiger partial charge in [0.25, 0.3) is 0 Å². The second-order valence-corrected chi connectivity index (χ2v) is 6.26. The number of nitrogens with one attached hydrogen (secondary N) is 1. The van der Waals surface area contributed by atoms with Crippen LogP contribution in [0.3, 0.4) is 0 Å². The molecule has 2 atom stereocenters. The summed E-state index contributed by atoms with van der Waals surface area (Å²) in [6, 6.07) is 6.26. The number of ether oxygens (including phenoxy) is 2. The van der Waals surface area contributed by atoms with Crippen molar-refractivity contribution in [2.24, 2.45) is 0 Å². The Morgan fingerprint density at radius 1 is 1.40 bits per heavy atom. The molecule has 1 aromatic heterocycles. The fraction of sp³-hybridized carbons (Fsp3) is 0.471. The minimum atomic E-state index is -0.342. The number of carbonyl (C=O) groups excluding carboxylic acids is 1. The molecule has 0 spiro atoms. The van der Waals surface area contributed by atoms with E-state index in [1.807, 2.05) is 0 Å². The number of amides is 1. The molecule has 2 aliphatic rings. The number of rotatable bonds is 4. The molecule has 3 heterocycles. The highest BCUT2D eigenvalue weighted by Crippen LogP contribution is 2.25. The number of nitrogens with zero attached hydrogens (tertiary/aromatic N) is 3. The van der Waals surface area contributed by atoms with Crippen molar-refractivity contribution in [1.82, 2.24) is 20.3 Å². The average Bonchev–Trinajstić information content (AvgIpc) is 3.29. The Kier molecular flexibility index (Phi) is 4.46. The molecule has 1 amide bonds. The fourth-order valence-electron chi connectivity index (χ4n) is 3.16. The van der Waals surface area contributed by atoms with Crippen molar-refractivity contribution in [3.63, 3.8) is 0 Å². The normalized spacial score (nSPS) is 22.6. The molecule has 25 heavy (non-hydrogen) atoms. The van der Waals surface area contributed by atoms with Gasteiger partial charge in [0.1, 0.15) is 17.6 Å². The molecule has 4 rings (SSSR count). The molecule has 8 heteroatoms. The molecule has 7 nitrogen and oxygen atoms in total. The smallest absolute Gasteiger partial charge is 0.249 e. The van der Waals surface area contributed by atoms with Crippen molar-refractivity contribution in [3.05, 3.63) is 35.8 Å². The lowest BCUT2D eigenvalue weighted by atomic mass is 10.1. The van der Waals surface area contributed by atoms with Crippen molar-refractivity contribution in [2.75, 3.05) is 13.2 Å². The Balaban J connectivity index is 1.40. The molecule has 1 fully saturated rings. The van der Waals surface area contributed by atoms with Crippen molar-refractivity contribution >= 4 is 5.91 Å². The zero-order valence-corrected chi connectivity index (χ0v) is 13.7. The van der Waals surface area contributed by atoms with Crippen LogP contribution < -0.4 is 5.32 Å². The lowest BCUT2D eigenvalue weighted by Crippen LogP contribution is -2.42. The first-order chi connectivity index (χ1) is 12.2. The van der Waals surface area contributed by atoms with E-state index in [-0.39, 0.29) is 23.9 Å². The minimum Gasteiger partial charge on any atom is -0.368 e. The summed E-state index contributed by atoms with van der Waals surface area (Å²) in [4.78, 5) is 12.0. The highest BCUT2D eigenvalue weighted by atomic mass is 19.1. The number of hydrogen-bond donors (Lipinski definition) is 1. The Hall–Kier alpha value is -2.32. The molecule has 1 unspecified atom stereocenters. The number of benzene rings is 1. The van der Waals surface area contributed by atoms with E-state index in [2.05, 4.69) is 15.6 Å². The molecule has 0 bridgehead atoms. The third-order valence-corrected chi connectivity index (χ3v) is 4.49. The zero-order valence-electron chi connectivity index (χ0n) is 13.7. The van der Waals surface area contributed by atoms with Crippen LogP contribution in [0.15, 0.2) is 24.3 Å². The quantitative estimate of drug-likeness (QED) is 0.902. The maximum absolute atomic E-state index is 13.4. The van der Waals surface area contributed by atoms with Gasteiger partial charge in [0, 0.05) is 18.7 Å². The predicted octanol–water partition coefficient (Wildman–Crippen LogP) is 1.28. The highest BCUT2D eigenvalue weighted by Gasteiger charge is 2.27. The number of halogens is 1. The molecule has 0 saturated carbocycles. The summed E-state index contributed by atoms with van der Waals surface area (Å²) < 4.78 is 26.4. The molecular formula is C17H19FN4O3. The topological polar surface area (TPSA) is 78.3 Å². The van der Waals surface area contributed by atoms with E-state index in [4.69, 9.17) is 9.47 Å². The molecule has 0 aliphatic carbocycles. The summed E-state index contributed by atoms with van der Waals surface area (Å²) in [5, 5.41) is 11.2. The van der Waals surface area contributed by atoms with Crippen LogP contribution >= 0.6 is 0 Å². The van der Waals surface area contributed by atoms with Crippen molar-refractivity contribution in [1.29, 1.82) is 0 Å². The standard InChI is InChI=1S/C17H19FN4O3/c18-12-4-1-3-11(7-12)16-14-10-25-13(9-22(14)21-20-16)8-19-17(23)15-5-2-6-24-15/h1,3-4,7,13,15H,2,5-6,8-10H2,(H,19,23)/t13?,15-/m0/s1. The number of hydrogen-bond acceptors (Lipinski definition) is 5. The summed E-state index contributed by atoms with van der Waals surface area (Å²) in [6.07, 6.45) is 1.16. The van der Waals surface area contributed by atoms with Gasteiger partial charge in [-0.3, -0.25) is 4.79 Å². The zero-order chi connectivity index (χ0) is 17.2. The molecule has 1 N–H and O–H groups in total. The second kappa shape index (κ2) is 6.89. The van der Waals surface area contributed by atoms with E-state index in [1.54, 1.807) is 16.8 Å². The van der Waals surface area contributed by atoms with Crippen molar-refractivity contribution in [2.45, 2.75) is 38.2 Å².